The van der Waals surface area contributed by atoms with Gasteiger partial charge in [-0.2, -0.15) is 0 Å². The van der Waals surface area contributed by atoms with Crippen LogP contribution in [0.5, 0.6) is 0 Å². The smallest absolute Gasteiger partial charge is 0.101 e. The van der Waals surface area contributed by atoms with E-state index in [9.17, 15) is 5.11 Å². The largest absolute Gasteiger partial charge is 0.395 e. The first-order chi connectivity index (χ1) is 6.13. The topological polar surface area (TPSA) is 33.1 Å². The molecule has 13 heavy (non-hydrogen) atoms. The van der Waals surface area contributed by atoms with E-state index in [2.05, 4.69) is 10.4 Å². The van der Waals surface area contributed by atoms with Crippen molar-refractivity contribution in [1.82, 2.24) is 4.98 Å². The fourth-order valence-corrected chi connectivity index (χ4v) is 2.25. The second-order valence-electron chi connectivity index (χ2n) is 4.39. The third-order valence-corrected chi connectivity index (χ3v) is 3.72. The van der Waals surface area contributed by atoms with Gasteiger partial charge in [-0.1, -0.05) is 13.8 Å². The van der Waals surface area contributed by atoms with Crippen LogP contribution in [0, 0.1) is 0 Å². The molecule has 1 N–H and O–H groups in total. The SMILES string of the molecule is CC(C)(CO)c1nc(C2CC2)cs1. The Balaban J connectivity index is 2.20. The highest BCUT2D eigenvalue weighted by Gasteiger charge is 2.29. The van der Waals surface area contributed by atoms with E-state index in [1.165, 1.54) is 18.5 Å². The Kier molecular flexibility index (Phi) is 2.16. The molecule has 1 heterocycles. The van der Waals surface area contributed by atoms with Gasteiger partial charge in [0.05, 0.1) is 12.3 Å². The third-order valence-electron chi connectivity index (χ3n) is 2.49. The van der Waals surface area contributed by atoms with E-state index in [0.717, 1.165) is 10.9 Å². The van der Waals surface area contributed by atoms with Gasteiger partial charge in [-0.3, -0.25) is 0 Å². The van der Waals surface area contributed by atoms with Crippen LogP contribution >= 0.6 is 11.3 Å². The van der Waals surface area contributed by atoms with Crippen LogP contribution in [0.2, 0.25) is 0 Å². The minimum atomic E-state index is -0.169. The summed E-state index contributed by atoms with van der Waals surface area (Å²) in [5.41, 5.74) is 1.07. The van der Waals surface area contributed by atoms with Gasteiger partial charge in [0, 0.05) is 16.7 Å². The van der Waals surface area contributed by atoms with Crippen molar-refractivity contribution in [3.05, 3.63) is 16.1 Å². The number of nitrogens with zero attached hydrogens (tertiary/aromatic N) is 1. The van der Waals surface area contributed by atoms with Crippen molar-refractivity contribution < 1.29 is 5.11 Å². The number of hydrogen-bond acceptors (Lipinski definition) is 3. The second-order valence-corrected chi connectivity index (χ2v) is 5.25. The highest BCUT2D eigenvalue weighted by molar-refractivity contribution is 7.09. The van der Waals surface area contributed by atoms with Gasteiger partial charge in [-0.25, -0.2) is 4.98 Å². The summed E-state index contributed by atoms with van der Waals surface area (Å²) in [6, 6.07) is 0. The van der Waals surface area contributed by atoms with E-state index >= 15 is 0 Å². The summed E-state index contributed by atoms with van der Waals surface area (Å²) in [6.45, 7) is 4.23. The van der Waals surface area contributed by atoms with E-state index < -0.39 is 0 Å². The van der Waals surface area contributed by atoms with E-state index in [4.69, 9.17) is 0 Å². The quantitative estimate of drug-likeness (QED) is 0.806. The highest BCUT2D eigenvalue weighted by Crippen LogP contribution is 2.41. The molecule has 1 aliphatic rings. The van der Waals surface area contributed by atoms with Crippen molar-refractivity contribution in [1.29, 1.82) is 0 Å². The van der Waals surface area contributed by atoms with E-state index in [1.807, 2.05) is 13.8 Å². The number of aromatic nitrogens is 1. The minimum Gasteiger partial charge on any atom is -0.395 e. The molecular weight excluding hydrogens is 182 g/mol. The fraction of sp³-hybridized carbons (Fsp3) is 0.700. The minimum absolute atomic E-state index is 0.169. The zero-order chi connectivity index (χ0) is 9.47. The Hall–Kier alpha value is -0.410. The summed E-state index contributed by atoms with van der Waals surface area (Å²) in [4.78, 5) is 4.57. The zero-order valence-electron chi connectivity index (χ0n) is 8.08. The summed E-state index contributed by atoms with van der Waals surface area (Å²) >= 11 is 1.68. The predicted octanol–water partition coefficient (Wildman–Crippen LogP) is 2.29. The molecule has 0 bridgehead atoms. The average Bonchev–Trinajstić information content (AvgIpc) is 2.83. The molecule has 0 aliphatic heterocycles. The molecule has 0 atom stereocenters. The normalized spacial score (nSPS) is 17.8. The van der Waals surface area contributed by atoms with Crippen molar-refractivity contribution >= 4 is 11.3 Å². The van der Waals surface area contributed by atoms with Gasteiger partial charge < -0.3 is 5.11 Å². The second kappa shape index (κ2) is 3.07. The molecule has 3 heteroatoms. The lowest BCUT2D eigenvalue weighted by atomic mass is 9.96. The molecule has 1 aromatic heterocycles. The van der Waals surface area contributed by atoms with Gasteiger partial charge in [-0.15, -0.1) is 11.3 Å². The van der Waals surface area contributed by atoms with Gasteiger partial charge in [0.25, 0.3) is 0 Å². The summed E-state index contributed by atoms with van der Waals surface area (Å²) in [6.07, 6.45) is 2.59. The third kappa shape index (κ3) is 1.76. The van der Waals surface area contributed by atoms with Crippen molar-refractivity contribution in [3.8, 4) is 0 Å². The molecule has 1 fully saturated rings. The van der Waals surface area contributed by atoms with E-state index in [0.29, 0.717) is 0 Å². The van der Waals surface area contributed by atoms with Gasteiger partial charge in [0.2, 0.25) is 0 Å². The fourth-order valence-electron chi connectivity index (χ4n) is 1.23. The summed E-state index contributed by atoms with van der Waals surface area (Å²) in [5, 5.41) is 12.4. The van der Waals surface area contributed by atoms with Crippen LogP contribution < -0.4 is 0 Å². The molecule has 1 aromatic rings. The zero-order valence-corrected chi connectivity index (χ0v) is 8.90. The maximum absolute atomic E-state index is 9.18. The van der Waals surface area contributed by atoms with Crippen LogP contribution in [0.4, 0.5) is 0 Å². The maximum atomic E-state index is 9.18. The molecule has 0 spiro atoms. The van der Waals surface area contributed by atoms with Crippen LogP contribution in [0.1, 0.15) is 43.3 Å². The molecular formula is C10H15NOS. The van der Waals surface area contributed by atoms with E-state index in [-0.39, 0.29) is 12.0 Å². The Morgan fingerprint density at radius 3 is 2.85 bits per heavy atom. The van der Waals surface area contributed by atoms with Gasteiger partial charge in [0.1, 0.15) is 5.01 Å². The van der Waals surface area contributed by atoms with Gasteiger partial charge >= 0.3 is 0 Å². The predicted molar refractivity (Wildman–Crippen MR) is 54.2 cm³/mol. The Bertz CT molecular complexity index is 302. The first kappa shape index (κ1) is 9.16. The number of rotatable bonds is 3. The molecule has 2 rings (SSSR count). The van der Waals surface area contributed by atoms with Crippen molar-refractivity contribution in [2.24, 2.45) is 0 Å². The molecule has 2 nitrogen and oxygen atoms in total. The standard InChI is InChI=1S/C10H15NOS/c1-10(2,6-12)9-11-8(5-13-9)7-3-4-7/h5,7,12H,3-4,6H2,1-2H3. The van der Waals surface area contributed by atoms with Crippen molar-refractivity contribution in [2.75, 3.05) is 6.61 Å². The summed E-state index contributed by atoms with van der Waals surface area (Å²) < 4.78 is 0. The van der Waals surface area contributed by atoms with Crippen LogP contribution in [0.3, 0.4) is 0 Å². The number of thiazole rings is 1. The average molecular weight is 197 g/mol. The monoisotopic (exact) mass is 197 g/mol. The maximum Gasteiger partial charge on any atom is 0.101 e. The number of aliphatic hydroxyl groups is 1. The first-order valence-corrected chi connectivity index (χ1v) is 5.58. The van der Waals surface area contributed by atoms with Crippen molar-refractivity contribution in [2.45, 2.75) is 38.0 Å². The summed E-state index contributed by atoms with van der Waals surface area (Å²) in [7, 11) is 0. The van der Waals surface area contributed by atoms with Crippen LogP contribution in [0.25, 0.3) is 0 Å². The Morgan fingerprint density at radius 2 is 2.31 bits per heavy atom. The van der Waals surface area contributed by atoms with Gasteiger partial charge in [0.15, 0.2) is 0 Å². The molecule has 1 aliphatic carbocycles. The molecule has 0 amide bonds. The molecule has 1 saturated carbocycles. The molecule has 0 aromatic carbocycles. The lowest BCUT2D eigenvalue weighted by Gasteiger charge is -2.17. The number of aliphatic hydroxyl groups excluding tert-OH is 1. The van der Waals surface area contributed by atoms with Crippen LogP contribution in [0.15, 0.2) is 5.38 Å². The molecule has 0 radical (unpaired) electrons. The molecule has 72 valence electrons. The Labute approximate surface area is 82.6 Å². The molecule has 0 saturated heterocycles. The Morgan fingerprint density at radius 1 is 1.62 bits per heavy atom. The number of hydrogen-bond donors (Lipinski definition) is 1. The van der Waals surface area contributed by atoms with E-state index in [1.54, 1.807) is 11.3 Å². The highest BCUT2D eigenvalue weighted by atomic mass is 32.1. The molecule has 0 unspecified atom stereocenters. The first-order valence-electron chi connectivity index (χ1n) is 4.70. The summed E-state index contributed by atoms with van der Waals surface area (Å²) in [5.74, 6) is 0.722. The van der Waals surface area contributed by atoms with Crippen LogP contribution in [-0.4, -0.2) is 16.7 Å². The van der Waals surface area contributed by atoms with Crippen LogP contribution in [-0.2, 0) is 5.41 Å². The lowest BCUT2D eigenvalue weighted by Crippen LogP contribution is -2.21. The van der Waals surface area contributed by atoms with Gasteiger partial charge in [-0.05, 0) is 12.8 Å². The van der Waals surface area contributed by atoms with Crippen molar-refractivity contribution in [3.63, 3.8) is 0 Å². The lowest BCUT2D eigenvalue weighted by molar-refractivity contribution is 0.218.